The molecule has 4 nitrogen and oxygen atoms in total. The van der Waals surface area contributed by atoms with E-state index in [2.05, 4.69) is 29.6 Å². The quantitative estimate of drug-likeness (QED) is 0.760. The van der Waals surface area contributed by atoms with Gasteiger partial charge in [0.2, 0.25) is 5.91 Å². The summed E-state index contributed by atoms with van der Waals surface area (Å²) in [5, 5.41) is 11.5. The normalized spacial score (nSPS) is 19.1. The van der Waals surface area contributed by atoms with Gasteiger partial charge in [0.15, 0.2) is 0 Å². The number of nitrogens with one attached hydrogen (secondary N) is 1. The molecule has 2 atom stereocenters. The van der Waals surface area contributed by atoms with Crippen molar-refractivity contribution in [3.63, 3.8) is 0 Å². The predicted molar refractivity (Wildman–Crippen MR) is 106 cm³/mol. The lowest BCUT2D eigenvalue weighted by molar-refractivity contribution is -0.126. The van der Waals surface area contributed by atoms with Crippen LogP contribution in [0.25, 0.3) is 11.1 Å². The van der Waals surface area contributed by atoms with Crippen LogP contribution in [0.2, 0.25) is 0 Å². The number of hydrogen-bond acceptors (Lipinski definition) is 3. The molecule has 0 spiro atoms. The number of carbonyl (C=O) groups excluding carboxylic acids is 1. The van der Waals surface area contributed by atoms with Crippen molar-refractivity contribution in [1.29, 1.82) is 5.26 Å². The second kappa shape index (κ2) is 9.23. The molecule has 1 fully saturated rings. The summed E-state index contributed by atoms with van der Waals surface area (Å²) in [5.74, 6) is 0.976. The molecule has 3 rings (SSSR count). The highest BCUT2D eigenvalue weighted by atomic mass is 16.5. The van der Waals surface area contributed by atoms with Gasteiger partial charge in [-0.1, -0.05) is 49.2 Å². The maximum atomic E-state index is 12.6. The van der Waals surface area contributed by atoms with Crippen molar-refractivity contribution in [3.8, 4) is 22.9 Å². The molecule has 0 radical (unpaired) electrons. The SMILES string of the molecule is CCOc1ccc(-c2ccccc2C2CCCCC2C(=O)NCC#N)cc1. The van der Waals surface area contributed by atoms with Crippen molar-refractivity contribution in [2.24, 2.45) is 5.92 Å². The number of benzene rings is 2. The van der Waals surface area contributed by atoms with Gasteiger partial charge in [-0.2, -0.15) is 5.26 Å². The van der Waals surface area contributed by atoms with Crippen LogP contribution < -0.4 is 10.1 Å². The van der Waals surface area contributed by atoms with Crippen LogP contribution in [0.4, 0.5) is 0 Å². The minimum Gasteiger partial charge on any atom is -0.494 e. The molecule has 0 bridgehead atoms. The molecule has 0 heterocycles. The maximum absolute atomic E-state index is 12.6. The van der Waals surface area contributed by atoms with Crippen LogP contribution in [0.1, 0.15) is 44.1 Å². The highest BCUT2D eigenvalue weighted by molar-refractivity contribution is 5.81. The number of nitrogens with zero attached hydrogens (tertiary/aromatic N) is 1. The van der Waals surface area contributed by atoms with E-state index in [4.69, 9.17) is 10.00 Å². The zero-order valence-electron chi connectivity index (χ0n) is 15.8. The van der Waals surface area contributed by atoms with Crippen molar-refractivity contribution >= 4 is 5.91 Å². The van der Waals surface area contributed by atoms with Gasteiger partial charge in [0, 0.05) is 5.92 Å². The molecule has 2 aromatic carbocycles. The average molecular weight is 362 g/mol. The summed E-state index contributed by atoms with van der Waals surface area (Å²) in [7, 11) is 0. The van der Waals surface area contributed by atoms with Gasteiger partial charge < -0.3 is 10.1 Å². The molecule has 1 aliphatic carbocycles. The highest BCUT2D eigenvalue weighted by Gasteiger charge is 2.33. The van der Waals surface area contributed by atoms with Gasteiger partial charge in [-0.3, -0.25) is 4.79 Å². The van der Waals surface area contributed by atoms with Gasteiger partial charge in [-0.25, -0.2) is 0 Å². The fraction of sp³-hybridized carbons (Fsp3) is 0.391. The monoisotopic (exact) mass is 362 g/mol. The van der Waals surface area contributed by atoms with Crippen molar-refractivity contribution in [3.05, 3.63) is 54.1 Å². The lowest BCUT2D eigenvalue weighted by Gasteiger charge is -2.32. The van der Waals surface area contributed by atoms with Crippen molar-refractivity contribution in [1.82, 2.24) is 5.32 Å². The number of hydrogen-bond donors (Lipinski definition) is 1. The molecule has 1 aliphatic rings. The van der Waals surface area contributed by atoms with E-state index in [0.717, 1.165) is 37.0 Å². The first-order valence-electron chi connectivity index (χ1n) is 9.71. The largest absolute Gasteiger partial charge is 0.494 e. The van der Waals surface area contributed by atoms with Crippen LogP contribution in [0.3, 0.4) is 0 Å². The number of carbonyl (C=O) groups is 1. The zero-order chi connectivity index (χ0) is 19.1. The summed E-state index contributed by atoms with van der Waals surface area (Å²) in [6, 6.07) is 18.5. The van der Waals surface area contributed by atoms with E-state index in [-0.39, 0.29) is 24.3 Å². The van der Waals surface area contributed by atoms with Gasteiger partial charge in [-0.15, -0.1) is 0 Å². The molecule has 0 saturated heterocycles. The fourth-order valence-corrected chi connectivity index (χ4v) is 4.06. The van der Waals surface area contributed by atoms with Crippen molar-refractivity contribution in [2.75, 3.05) is 13.2 Å². The van der Waals surface area contributed by atoms with E-state index in [0.29, 0.717) is 6.61 Å². The van der Waals surface area contributed by atoms with Crippen LogP contribution >= 0.6 is 0 Å². The average Bonchev–Trinajstić information content (AvgIpc) is 2.73. The number of amides is 1. The molecule has 0 aliphatic heterocycles. The van der Waals surface area contributed by atoms with E-state index < -0.39 is 0 Å². The standard InChI is InChI=1S/C23H26N2O2/c1-2-27-18-13-11-17(12-14-18)19-7-3-4-8-20(19)21-9-5-6-10-22(21)23(26)25-16-15-24/h3-4,7-8,11-14,21-22H,2,5-6,9-10,16H2,1H3,(H,25,26). The first-order chi connectivity index (χ1) is 13.2. The summed E-state index contributed by atoms with van der Waals surface area (Å²) < 4.78 is 5.55. The Labute approximate surface area is 161 Å². The predicted octanol–water partition coefficient (Wildman–Crippen LogP) is 4.67. The molecule has 2 unspecified atom stereocenters. The van der Waals surface area contributed by atoms with Gasteiger partial charge in [0.05, 0.1) is 12.7 Å². The van der Waals surface area contributed by atoms with Crippen molar-refractivity contribution < 1.29 is 9.53 Å². The topological polar surface area (TPSA) is 62.1 Å². The molecule has 1 N–H and O–H groups in total. The summed E-state index contributed by atoms with van der Waals surface area (Å²) in [5.41, 5.74) is 3.53. The Morgan fingerprint density at radius 1 is 1.15 bits per heavy atom. The fourth-order valence-electron chi connectivity index (χ4n) is 4.06. The Balaban J connectivity index is 1.91. The van der Waals surface area contributed by atoms with E-state index in [9.17, 15) is 4.79 Å². The van der Waals surface area contributed by atoms with Gasteiger partial charge >= 0.3 is 0 Å². The highest BCUT2D eigenvalue weighted by Crippen LogP contribution is 2.42. The molecular formula is C23H26N2O2. The van der Waals surface area contributed by atoms with E-state index in [1.165, 1.54) is 11.1 Å². The third-order valence-electron chi connectivity index (χ3n) is 5.28. The Morgan fingerprint density at radius 3 is 2.63 bits per heavy atom. The van der Waals surface area contributed by atoms with E-state index in [1.54, 1.807) is 0 Å². The molecule has 2 aromatic rings. The third-order valence-corrected chi connectivity index (χ3v) is 5.28. The minimum absolute atomic E-state index is 0.00254. The molecule has 0 aromatic heterocycles. The molecular weight excluding hydrogens is 336 g/mol. The Bertz CT molecular complexity index is 808. The van der Waals surface area contributed by atoms with Gasteiger partial charge in [-0.05, 0) is 54.5 Å². The second-order valence-electron chi connectivity index (χ2n) is 6.92. The smallest absolute Gasteiger partial charge is 0.224 e. The molecule has 27 heavy (non-hydrogen) atoms. The first kappa shape index (κ1) is 19.0. The summed E-state index contributed by atoms with van der Waals surface area (Å²) in [4.78, 5) is 12.6. The Kier molecular flexibility index (Phi) is 6.49. The van der Waals surface area contributed by atoms with Crippen LogP contribution in [0.5, 0.6) is 5.75 Å². The summed E-state index contributed by atoms with van der Waals surface area (Å²) in [6.45, 7) is 2.70. The molecule has 1 amide bonds. The first-order valence-corrected chi connectivity index (χ1v) is 9.71. The number of rotatable bonds is 6. The van der Waals surface area contributed by atoms with Crippen molar-refractivity contribution in [2.45, 2.75) is 38.5 Å². The number of nitriles is 1. The molecule has 140 valence electrons. The van der Waals surface area contributed by atoms with Gasteiger partial charge in [0.1, 0.15) is 12.3 Å². The summed E-state index contributed by atoms with van der Waals surface area (Å²) >= 11 is 0. The molecule has 4 heteroatoms. The summed E-state index contributed by atoms with van der Waals surface area (Å²) in [6.07, 6.45) is 4.06. The van der Waals surface area contributed by atoms with E-state index >= 15 is 0 Å². The zero-order valence-corrected chi connectivity index (χ0v) is 15.8. The van der Waals surface area contributed by atoms with Crippen LogP contribution in [0.15, 0.2) is 48.5 Å². The minimum atomic E-state index is -0.0732. The number of ether oxygens (including phenoxy) is 1. The maximum Gasteiger partial charge on any atom is 0.224 e. The molecule has 1 saturated carbocycles. The Hall–Kier alpha value is -2.80. The van der Waals surface area contributed by atoms with Crippen LogP contribution in [-0.4, -0.2) is 19.1 Å². The van der Waals surface area contributed by atoms with E-state index in [1.807, 2.05) is 37.3 Å². The van der Waals surface area contributed by atoms with Crippen LogP contribution in [0, 0.1) is 17.2 Å². The Morgan fingerprint density at radius 2 is 1.89 bits per heavy atom. The lowest BCUT2D eigenvalue weighted by atomic mass is 9.73. The van der Waals surface area contributed by atoms with Crippen LogP contribution in [-0.2, 0) is 4.79 Å². The second-order valence-corrected chi connectivity index (χ2v) is 6.92. The van der Waals surface area contributed by atoms with Gasteiger partial charge in [0.25, 0.3) is 0 Å². The third kappa shape index (κ3) is 4.49. The lowest BCUT2D eigenvalue weighted by Crippen LogP contribution is -2.36.